The van der Waals surface area contributed by atoms with Crippen LogP contribution in [0.25, 0.3) is 0 Å². The maximum absolute atomic E-state index is 12.7. The number of ether oxygens (including phenoxy) is 2. The largest absolute Gasteiger partial charge is 0.462 e. The Hall–Kier alpha value is -1.06. The van der Waals surface area contributed by atoms with E-state index < -0.39 is 5.41 Å². The van der Waals surface area contributed by atoms with Crippen molar-refractivity contribution in [3.05, 3.63) is 0 Å². The SMILES string of the molecule is CCC(C)(C)CC(C)(C(=O)OCCOC(C)=O)C(C)(C)CC. The predicted octanol–water partition coefficient (Wildman–Crippen LogP) is 4.36. The third-order valence-corrected chi connectivity index (χ3v) is 5.24. The first-order valence-electron chi connectivity index (χ1n) is 8.22. The van der Waals surface area contributed by atoms with Gasteiger partial charge >= 0.3 is 11.9 Å². The summed E-state index contributed by atoms with van der Waals surface area (Å²) in [5, 5.41) is 0. The lowest BCUT2D eigenvalue weighted by molar-refractivity contribution is -0.169. The molecule has 0 aromatic carbocycles. The summed E-state index contributed by atoms with van der Waals surface area (Å²) >= 11 is 0. The third-order valence-electron chi connectivity index (χ3n) is 5.24. The highest BCUT2D eigenvalue weighted by Gasteiger charge is 2.49. The molecule has 0 aliphatic carbocycles. The van der Waals surface area contributed by atoms with Gasteiger partial charge in [-0.2, -0.15) is 0 Å². The number of esters is 2. The summed E-state index contributed by atoms with van der Waals surface area (Å²) < 4.78 is 10.2. The second-order valence-electron chi connectivity index (χ2n) is 7.74. The van der Waals surface area contributed by atoms with Gasteiger partial charge in [0.05, 0.1) is 5.41 Å². The van der Waals surface area contributed by atoms with E-state index in [1.165, 1.54) is 6.92 Å². The topological polar surface area (TPSA) is 52.6 Å². The first-order valence-corrected chi connectivity index (χ1v) is 8.22. The second kappa shape index (κ2) is 7.98. The minimum Gasteiger partial charge on any atom is -0.462 e. The molecule has 4 nitrogen and oxygen atoms in total. The fourth-order valence-electron chi connectivity index (χ4n) is 2.54. The van der Waals surface area contributed by atoms with Gasteiger partial charge in [-0.1, -0.05) is 48.0 Å². The van der Waals surface area contributed by atoms with Crippen molar-refractivity contribution in [1.29, 1.82) is 0 Å². The minimum absolute atomic E-state index is 0.0656. The first kappa shape index (κ1) is 20.9. The fraction of sp³-hybridized carbons (Fsp3) is 0.889. The van der Waals surface area contributed by atoms with Crippen LogP contribution >= 0.6 is 0 Å². The maximum atomic E-state index is 12.7. The monoisotopic (exact) mass is 314 g/mol. The second-order valence-corrected chi connectivity index (χ2v) is 7.74. The maximum Gasteiger partial charge on any atom is 0.312 e. The summed E-state index contributed by atoms with van der Waals surface area (Å²) in [7, 11) is 0. The summed E-state index contributed by atoms with van der Waals surface area (Å²) in [5.74, 6) is -0.562. The molecule has 0 rings (SSSR count). The molecular formula is C18H34O4. The normalized spacial score (nSPS) is 15.1. The van der Waals surface area contributed by atoms with Crippen molar-refractivity contribution in [3.63, 3.8) is 0 Å². The molecule has 4 heteroatoms. The highest BCUT2D eigenvalue weighted by molar-refractivity contribution is 5.77. The van der Waals surface area contributed by atoms with Crippen molar-refractivity contribution in [2.24, 2.45) is 16.2 Å². The molecule has 1 unspecified atom stereocenters. The van der Waals surface area contributed by atoms with Crippen molar-refractivity contribution in [3.8, 4) is 0 Å². The number of carbonyl (C=O) groups excluding carboxylic acids is 2. The molecule has 130 valence electrons. The molecule has 0 spiro atoms. The van der Waals surface area contributed by atoms with Gasteiger partial charge in [-0.15, -0.1) is 0 Å². The van der Waals surface area contributed by atoms with E-state index in [0.717, 1.165) is 19.3 Å². The van der Waals surface area contributed by atoms with Gasteiger partial charge in [-0.05, 0) is 30.6 Å². The van der Waals surface area contributed by atoms with Crippen molar-refractivity contribution >= 4 is 11.9 Å². The van der Waals surface area contributed by atoms with Gasteiger partial charge in [0.2, 0.25) is 0 Å². The predicted molar refractivity (Wildman–Crippen MR) is 88.5 cm³/mol. The van der Waals surface area contributed by atoms with E-state index >= 15 is 0 Å². The van der Waals surface area contributed by atoms with Crippen LogP contribution in [-0.2, 0) is 19.1 Å². The highest BCUT2D eigenvalue weighted by Crippen LogP contribution is 2.50. The van der Waals surface area contributed by atoms with Gasteiger partial charge in [-0.3, -0.25) is 9.59 Å². The molecule has 0 aliphatic rings. The fourth-order valence-corrected chi connectivity index (χ4v) is 2.54. The van der Waals surface area contributed by atoms with E-state index in [4.69, 9.17) is 9.47 Å². The van der Waals surface area contributed by atoms with Crippen LogP contribution in [0.5, 0.6) is 0 Å². The van der Waals surface area contributed by atoms with Gasteiger partial charge < -0.3 is 9.47 Å². The molecule has 0 N–H and O–H groups in total. The number of carbonyl (C=O) groups is 2. The molecule has 0 aromatic heterocycles. The Balaban J connectivity index is 5.08. The van der Waals surface area contributed by atoms with E-state index in [0.29, 0.717) is 0 Å². The molecule has 0 aliphatic heterocycles. The lowest BCUT2D eigenvalue weighted by Crippen LogP contribution is -2.46. The van der Waals surface area contributed by atoms with Crippen molar-refractivity contribution in [2.75, 3.05) is 13.2 Å². The molecule has 0 amide bonds. The quantitative estimate of drug-likeness (QED) is 0.468. The Morgan fingerprint density at radius 1 is 0.864 bits per heavy atom. The smallest absolute Gasteiger partial charge is 0.312 e. The lowest BCUT2D eigenvalue weighted by Gasteiger charge is -2.45. The molecule has 0 saturated carbocycles. The molecule has 22 heavy (non-hydrogen) atoms. The summed E-state index contributed by atoms with van der Waals surface area (Å²) in [6.45, 7) is 16.4. The van der Waals surface area contributed by atoms with E-state index in [9.17, 15) is 9.59 Å². The lowest BCUT2D eigenvalue weighted by atomic mass is 9.58. The van der Waals surface area contributed by atoms with Crippen LogP contribution < -0.4 is 0 Å². The summed E-state index contributed by atoms with van der Waals surface area (Å²) in [6.07, 6.45) is 2.66. The minimum atomic E-state index is -0.572. The Kier molecular flexibility index (Phi) is 7.60. The molecule has 1 atom stereocenters. The summed E-state index contributed by atoms with van der Waals surface area (Å²) in [6, 6.07) is 0. The Bertz CT molecular complexity index is 385. The molecule has 0 radical (unpaired) electrons. The average molecular weight is 314 g/mol. The molecule has 0 bridgehead atoms. The van der Waals surface area contributed by atoms with Crippen molar-refractivity contribution in [1.82, 2.24) is 0 Å². The van der Waals surface area contributed by atoms with Crippen LogP contribution in [0, 0.1) is 16.2 Å². The number of hydrogen-bond acceptors (Lipinski definition) is 4. The van der Waals surface area contributed by atoms with Crippen LogP contribution in [0.1, 0.15) is 74.7 Å². The van der Waals surface area contributed by atoms with E-state index in [1.807, 2.05) is 6.92 Å². The first-order chi connectivity index (χ1) is 9.92. The number of hydrogen-bond donors (Lipinski definition) is 0. The number of rotatable bonds is 9. The third kappa shape index (κ3) is 5.62. The van der Waals surface area contributed by atoms with Crippen LogP contribution in [-0.4, -0.2) is 25.2 Å². The molecule has 0 fully saturated rings. The zero-order valence-corrected chi connectivity index (χ0v) is 15.7. The van der Waals surface area contributed by atoms with Crippen LogP contribution in [0.2, 0.25) is 0 Å². The summed E-state index contributed by atoms with van der Waals surface area (Å²) in [5.41, 5.74) is -0.675. The van der Waals surface area contributed by atoms with Crippen LogP contribution in [0.15, 0.2) is 0 Å². The van der Waals surface area contributed by atoms with Gasteiger partial charge in [0.25, 0.3) is 0 Å². The Labute approximate surface area is 135 Å². The van der Waals surface area contributed by atoms with Gasteiger partial charge in [0.1, 0.15) is 13.2 Å². The van der Waals surface area contributed by atoms with Crippen molar-refractivity contribution < 1.29 is 19.1 Å². The van der Waals surface area contributed by atoms with Crippen molar-refractivity contribution in [2.45, 2.75) is 74.7 Å². The van der Waals surface area contributed by atoms with Crippen LogP contribution in [0.4, 0.5) is 0 Å². The average Bonchev–Trinajstić information content (AvgIpc) is 2.42. The Morgan fingerprint density at radius 2 is 1.36 bits per heavy atom. The molecule has 0 saturated heterocycles. The Morgan fingerprint density at radius 3 is 1.77 bits per heavy atom. The van der Waals surface area contributed by atoms with Gasteiger partial charge in [-0.25, -0.2) is 0 Å². The van der Waals surface area contributed by atoms with Gasteiger partial charge in [0, 0.05) is 6.92 Å². The van der Waals surface area contributed by atoms with E-state index in [-0.39, 0.29) is 36.0 Å². The van der Waals surface area contributed by atoms with Gasteiger partial charge in [0.15, 0.2) is 0 Å². The highest BCUT2D eigenvalue weighted by atomic mass is 16.6. The molecule has 0 aromatic rings. The zero-order valence-electron chi connectivity index (χ0n) is 15.7. The zero-order chi connectivity index (χ0) is 17.6. The summed E-state index contributed by atoms with van der Waals surface area (Å²) in [4.78, 5) is 23.5. The van der Waals surface area contributed by atoms with E-state index in [2.05, 4.69) is 41.5 Å². The molecule has 0 heterocycles. The standard InChI is InChI=1S/C18H34O4/c1-9-16(4,5)13-18(8,17(6,7)10-2)15(20)22-12-11-21-14(3)19/h9-13H2,1-8H3. The van der Waals surface area contributed by atoms with Crippen LogP contribution in [0.3, 0.4) is 0 Å². The van der Waals surface area contributed by atoms with E-state index in [1.54, 1.807) is 0 Å². The molecular weight excluding hydrogens is 280 g/mol.